The van der Waals surface area contributed by atoms with E-state index in [4.69, 9.17) is 21.5 Å². The molecule has 2 aliphatic heterocycles. The number of carboxylic acid groups (broad SMARTS) is 1. The van der Waals surface area contributed by atoms with Crippen LogP contribution in [-0.4, -0.2) is 48.2 Å². The third-order valence-corrected chi connectivity index (χ3v) is 6.57. The summed E-state index contributed by atoms with van der Waals surface area (Å²) < 4.78 is 26.7. The normalized spacial score (nSPS) is 21.0. The zero-order valence-corrected chi connectivity index (χ0v) is 13.7. The standard InChI is InChI=1S/C14H15ClN2O5S/c15-10-3-1-2-4-12(10)23(20,21)17-7-5-14(6-8-17)9-11(13(18)19)16-22-14/h1-4H,5-9H2,(H,18,19). The first-order valence-electron chi connectivity index (χ1n) is 7.07. The minimum absolute atomic E-state index is 0.0209. The molecule has 124 valence electrons. The molecule has 0 saturated carbocycles. The Morgan fingerprint density at radius 2 is 1.96 bits per heavy atom. The predicted octanol–water partition coefficient (Wildman–Crippen LogP) is 1.72. The molecule has 0 atom stereocenters. The van der Waals surface area contributed by atoms with E-state index in [9.17, 15) is 13.2 Å². The van der Waals surface area contributed by atoms with E-state index in [1.54, 1.807) is 12.1 Å². The highest BCUT2D eigenvalue weighted by Gasteiger charge is 2.46. The van der Waals surface area contributed by atoms with Crippen LogP contribution in [0.25, 0.3) is 0 Å². The number of hydrogen-bond acceptors (Lipinski definition) is 5. The van der Waals surface area contributed by atoms with E-state index >= 15 is 0 Å². The van der Waals surface area contributed by atoms with Crippen molar-refractivity contribution in [2.45, 2.75) is 29.8 Å². The average molecular weight is 359 g/mol. The second kappa shape index (κ2) is 5.77. The first-order chi connectivity index (χ1) is 10.8. The lowest BCUT2D eigenvalue weighted by Crippen LogP contribution is -2.47. The SMILES string of the molecule is O=C(O)C1=NOC2(CCN(S(=O)(=O)c3ccccc3Cl)CC2)C1. The molecule has 2 aliphatic rings. The second-order valence-corrected chi connectivity index (χ2v) is 7.94. The van der Waals surface area contributed by atoms with Gasteiger partial charge in [-0.25, -0.2) is 13.2 Å². The quantitative estimate of drug-likeness (QED) is 0.887. The van der Waals surface area contributed by atoms with Crippen LogP contribution in [0.4, 0.5) is 0 Å². The Balaban J connectivity index is 1.73. The molecule has 0 bridgehead atoms. The van der Waals surface area contributed by atoms with Crippen molar-refractivity contribution in [3.8, 4) is 0 Å². The molecular weight excluding hydrogens is 344 g/mol. The minimum Gasteiger partial charge on any atom is -0.477 e. The van der Waals surface area contributed by atoms with Crippen LogP contribution < -0.4 is 0 Å². The summed E-state index contributed by atoms with van der Waals surface area (Å²) >= 11 is 5.99. The number of halogens is 1. The van der Waals surface area contributed by atoms with Crippen LogP contribution in [0, 0.1) is 0 Å². The molecule has 0 aromatic heterocycles. The number of piperidine rings is 1. The Morgan fingerprint density at radius 3 is 2.52 bits per heavy atom. The lowest BCUT2D eigenvalue weighted by molar-refractivity contribution is -0.129. The van der Waals surface area contributed by atoms with Gasteiger partial charge in [-0.15, -0.1) is 0 Å². The monoisotopic (exact) mass is 358 g/mol. The van der Waals surface area contributed by atoms with Crippen molar-refractivity contribution in [3.05, 3.63) is 29.3 Å². The highest BCUT2D eigenvalue weighted by molar-refractivity contribution is 7.89. The second-order valence-electron chi connectivity index (χ2n) is 5.63. The number of carbonyl (C=O) groups is 1. The molecule has 1 aromatic carbocycles. The molecular formula is C14H15ClN2O5S. The molecule has 0 amide bonds. The van der Waals surface area contributed by atoms with Gasteiger partial charge in [0.05, 0.1) is 5.02 Å². The molecule has 23 heavy (non-hydrogen) atoms. The minimum atomic E-state index is -3.68. The molecule has 1 saturated heterocycles. The molecule has 1 N–H and O–H groups in total. The highest BCUT2D eigenvalue weighted by atomic mass is 35.5. The molecule has 3 rings (SSSR count). The largest absolute Gasteiger partial charge is 0.477 e. The van der Waals surface area contributed by atoms with Gasteiger partial charge in [-0.3, -0.25) is 0 Å². The summed E-state index contributed by atoms with van der Waals surface area (Å²) in [7, 11) is -3.68. The number of rotatable bonds is 3. The van der Waals surface area contributed by atoms with Crippen LogP contribution >= 0.6 is 11.6 Å². The number of benzene rings is 1. The number of nitrogens with zero attached hydrogens (tertiary/aromatic N) is 2. The van der Waals surface area contributed by atoms with Crippen molar-refractivity contribution < 1.29 is 23.2 Å². The van der Waals surface area contributed by atoms with Crippen molar-refractivity contribution in [3.63, 3.8) is 0 Å². The Morgan fingerprint density at radius 1 is 1.30 bits per heavy atom. The summed E-state index contributed by atoms with van der Waals surface area (Å²) in [6, 6.07) is 6.30. The number of sulfonamides is 1. The van der Waals surface area contributed by atoms with Gasteiger partial charge in [-0.2, -0.15) is 4.31 Å². The topological polar surface area (TPSA) is 96.3 Å². The lowest BCUT2D eigenvalue weighted by atomic mass is 9.88. The van der Waals surface area contributed by atoms with Gasteiger partial charge in [0, 0.05) is 32.4 Å². The van der Waals surface area contributed by atoms with Crippen molar-refractivity contribution >= 4 is 33.3 Å². The number of oxime groups is 1. The molecule has 2 heterocycles. The first-order valence-corrected chi connectivity index (χ1v) is 8.89. The highest BCUT2D eigenvalue weighted by Crippen LogP contribution is 2.37. The van der Waals surface area contributed by atoms with E-state index in [0.717, 1.165) is 0 Å². The zero-order valence-electron chi connectivity index (χ0n) is 12.1. The summed E-state index contributed by atoms with van der Waals surface area (Å²) in [6.45, 7) is 0.464. The van der Waals surface area contributed by atoms with Crippen molar-refractivity contribution in [2.75, 3.05) is 13.1 Å². The maximum atomic E-state index is 12.7. The maximum Gasteiger partial charge on any atom is 0.353 e. The molecule has 0 aliphatic carbocycles. The van der Waals surface area contributed by atoms with Crippen molar-refractivity contribution in [1.82, 2.24) is 4.31 Å². The van der Waals surface area contributed by atoms with Crippen LogP contribution in [0.1, 0.15) is 19.3 Å². The van der Waals surface area contributed by atoms with Crippen LogP contribution in [0.2, 0.25) is 5.02 Å². The summed E-state index contributed by atoms with van der Waals surface area (Å²) in [5, 5.41) is 12.7. The fraction of sp³-hybridized carbons (Fsp3) is 0.429. The molecule has 1 aromatic rings. The van der Waals surface area contributed by atoms with Crippen LogP contribution in [0.5, 0.6) is 0 Å². The predicted molar refractivity (Wildman–Crippen MR) is 82.9 cm³/mol. The van der Waals surface area contributed by atoms with E-state index in [0.29, 0.717) is 12.8 Å². The number of carboxylic acids is 1. The lowest BCUT2D eigenvalue weighted by Gasteiger charge is -2.36. The molecule has 1 fully saturated rings. The third-order valence-electron chi connectivity index (χ3n) is 4.17. The molecule has 7 nitrogen and oxygen atoms in total. The number of hydrogen-bond donors (Lipinski definition) is 1. The van der Waals surface area contributed by atoms with Gasteiger partial charge in [0.15, 0.2) is 5.71 Å². The molecule has 9 heteroatoms. The van der Waals surface area contributed by atoms with Crippen molar-refractivity contribution in [2.24, 2.45) is 5.16 Å². The first kappa shape index (κ1) is 16.2. The van der Waals surface area contributed by atoms with E-state index in [-0.39, 0.29) is 35.1 Å². The van der Waals surface area contributed by atoms with E-state index in [2.05, 4.69) is 5.16 Å². The Hall–Kier alpha value is -1.64. The van der Waals surface area contributed by atoms with Gasteiger partial charge >= 0.3 is 5.97 Å². The maximum absolute atomic E-state index is 12.7. The summed E-state index contributed by atoms with van der Waals surface area (Å²) in [4.78, 5) is 16.3. The van der Waals surface area contributed by atoms with E-state index in [1.165, 1.54) is 16.4 Å². The zero-order chi connectivity index (χ0) is 16.7. The fourth-order valence-corrected chi connectivity index (χ4v) is 4.77. The Kier molecular flexibility index (Phi) is 4.07. The Bertz CT molecular complexity index is 769. The smallest absolute Gasteiger partial charge is 0.353 e. The van der Waals surface area contributed by atoms with Gasteiger partial charge < -0.3 is 9.94 Å². The van der Waals surface area contributed by atoms with Gasteiger partial charge in [-0.1, -0.05) is 28.9 Å². The Labute approximate surface area is 138 Å². The average Bonchev–Trinajstić information content (AvgIpc) is 2.92. The fourth-order valence-electron chi connectivity index (χ4n) is 2.83. The van der Waals surface area contributed by atoms with Crippen LogP contribution in [0.3, 0.4) is 0 Å². The van der Waals surface area contributed by atoms with Gasteiger partial charge in [-0.05, 0) is 12.1 Å². The van der Waals surface area contributed by atoms with Gasteiger partial charge in [0.25, 0.3) is 0 Å². The van der Waals surface area contributed by atoms with Crippen LogP contribution in [0.15, 0.2) is 34.3 Å². The summed E-state index contributed by atoms with van der Waals surface area (Å²) in [5.74, 6) is -1.10. The summed E-state index contributed by atoms with van der Waals surface area (Å²) in [5.41, 5.74) is -0.729. The van der Waals surface area contributed by atoms with Crippen LogP contribution in [-0.2, 0) is 19.7 Å². The van der Waals surface area contributed by atoms with E-state index < -0.39 is 21.6 Å². The third kappa shape index (κ3) is 2.93. The summed E-state index contributed by atoms with van der Waals surface area (Å²) in [6.07, 6.45) is 0.968. The van der Waals surface area contributed by atoms with Gasteiger partial charge in [0.1, 0.15) is 10.5 Å². The number of aliphatic carboxylic acids is 1. The van der Waals surface area contributed by atoms with Crippen molar-refractivity contribution in [1.29, 1.82) is 0 Å². The molecule has 0 radical (unpaired) electrons. The van der Waals surface area contributed by atoms with E-state index in [1.807, 2.05) is 0 Å². The molecule has 0 unspecified atom stereocenters. The molecule has 1 spiro atoms. The van der Waals surface area contributed by atoms with Gasteiger partial charge in [0.2, 0.25) is 10.0 Å².